The summed E-state index contributed by atoms with van der Waals surface area (Å²) in [5.74, 6) is -0.158. The van der Waals surface area contributed by atoms with Crippen LogP contribution in [0.15, 0.2) is 60.7 Å². The first-order valence-corrected chi connectivity index (χ1v) is 6.76. The Kier molecular flexibility index (Phi) is 3.42. The van der Waals surface area contributed by atoms with Crippen LogP contribution in [0.5, 0.6) is 0 Å². The van der Waals surface area contributed by atoms with Gasteiger partial charge in [-0.25, -0.2) is 4.79 Å². The van der Waals surface area contributed by atoms with Crippen LogP contribution in [0.2, 0.25) is 0 Å². The number of hydrogen-bond acceptors (Lipinski definition) is 3. The number of nitrogens with zero attached hydrogens (tertiary/aromatic N) is 1. The SMILES string of the molecule is COC(=O)[C@@H]1[C@@H](Cc2ccccc2)N1c1ccccc1. The molecule has 0 bridgehead atoms. The van der Waals surface area contributed by atoms with Crippen molar-refractivity contribution in [2.75, 3.05) is 12.0 Å². The van der Waals surface area contributed by atoms with E-state index >= 15 is 0 Å². The standard InChI is InChI=1S/C17H17NO2/c1-20-17(19)16-15(12-13-8-4-2-5-9-13)18(16)14-10-6-3-7-11-14/h2-11,15-16H,12H2,1H3/t15-,16+,18?/m1/s1. The number of carbonyl (C=O) groups excluding carboxylic acids is 1. The van der Waals surface area contributed by atoms with Crippen LogP contribution in [0.25, 0.3) is 0 Å². The van der Waals surface area contributed by atoms with Crippen molar-refractivity contribution in [1.29, 1.82) is 0 Å². The van der Waals surface area contributed by atoms with Crippen LogP contribution >= 0.6 is 0 Å². The second kappa shape index (κ2) is 5.37. The Labute approximate surface area is 118 Å². The fraction of sp³-hybridized carbons (Fsp3) is 0.235. The zero-order chi connectivity index (χ0) is 13.9. The van der Waals surface area contributed by atoms with Crippen LogP contribution in [-0.2, 0) is 16.0 Å². The molecule has 0 saturated carbocycles. The highest BCUT2D eigenvalue weighted by atomic mass is 16.5. The van der Waals surface area contributed by atoms with Gasteiger partial charge in [0.15, 0.2) is 0 Å². The third kappa shape index (κ3) is 2.39. The topological polar surface area (TPSA) is 29.3 Å². The van der Waals surface area contributed by atoms with E-state index in [1.165, 1.54) is 12.7 Å². The number of para-hydroxylation sites is 1. The highest BCUT2D eigenvalue weighted by Gasteiger charge is 2.53. The van der Waals surface area contributed by atoms with Crippen LogP contribution in [0.1, 0.15) is 5.56 Å². The van der Waals surface area contributed by atoms with Gasteiger partial charge in [-0.15, -0.1) is 0 Å². The maximum Gasteiger partial charge on any atom is 0.330 e. The fourth-order valence-electron chi connectivity index (χ4n) is 2.69. The van der Waals surface area contributed by atoms with Crippen molar-refractivity contribution in [3.63, 3.8) is 0 Å². The Morgan fingerprint density at radius 1 is 1.05 bits per heavy atom. The first-order chi connectivity index (χ1) is 9.81. The van der Waals surface area contributed by atoms with Gasteiger partial charge in [0.1, 0.15) is 6.04 Å². The maximum absolute atomic E-state index is 11.9. The number of methoxy groups -OCH3 is 1. The zero-order valence-electron chi connectivity index (χ0n) is 11.4. The Hall–Kier alpha value is -2.29. The van der Waals surface area contributed by atoms with E-state index in [1.807, 2.05) is 48.5 Å². The van der Waals surface area contributed by atoms with Gasteiger partial charge in [0.25, 0.3) is 0 Å². The number of carbonyl (C=O) groups is 1. The molecule has 0 radical (unpaired) electrons. The van der Waals surface area contributed by atoms with Crippen molar-refractivity contribution in [2.24, 2.45) is 0 Å². The third-order valence-corrected chi connectivity index (χ3v) is 3.72. The van der Waals surface area contributed by atoms with Gasteiger partial charge in [-0.3, -0.25) is 0 Å². The molecule has 1 aliphatic rings. The summed E-state index contributed by atoms with van der Waals surface area (Å²) >= 11 is 0. The van der Waals surface area contributed by atoms with Gasteiger partial charge in [-0.05, 0) is 24.1 Å². The lowest BCUT2D eigenvalue weighted by molar-refractivity contribution is -0.139. The largest absolute Gasteiger partial charge is 0.467 e. The van der Waals surface area contributed by atoms with Crippen molar-refractivity contribution < 1.29 is 9.53 Å². The molecule has 102 valence electrons. The molecule has 0 unspecified atom stereocenters. The van der Waals surface area contributed by atoms with Gasteiger partial charge in [0.2, 0.25) is 0 Å². The van der Waals surface area contributed by atoms with Gasteiger partial charge in [-0.1, -0.05) is 48.5 Å². The Bertz CT molecular complexity index is 582. The first-order valence-electron chi connectivity index (χ1n) is 6.76. The summed E-state index contributed by atoms with van der Waals surface area (Å²) in [5.41, 5.74) is 2.31. The molecular formula is C17H17NO2. The van der Waals surface area contributed by atoms with Crippen LogP contribution in [0, 0.1) is 0 Å². The van der Waals surface area contributed by atoms with Crippen LogP contribution in [-0.4, -0.2) is 25.2 Å². The summed E-state index contributed by atoms with van der Waals surface area (Å²) in [7, 11) is 1.45. The van der Waals surface area contributed by atoms with E-state index in [1.54, 1.807) is 0 Å². The monoisotopic (exact) mass is 267 g/mol. The number of rotatable bonds is 4. The number of hydrogen-bond donors (Lipinski definition) is 0. The van der Waals surface area contributed by atoms with Crippen LogP contribution in [0.4, 0.5) is 5.69 Å². The van der Waals surface area contributed by atoms with Gasteiger partial charge in [0, 0.05) is 5.69 Å². The average Bonchev–Trinajstić information content (AvgIpc) is 3.22. The third-order valence-electron chi connectivity index (χ3n) is 3.72. The molecule has 3 heteroatoms. The highest BCUT2D eigenvalue weighted by molar-refractivity contribution is 5.88. The van der Waals surface area contributed by atoms with Crippen molar-refractivity contribution in [1.82, 2.24) is 0 Å². The minimum absolute atomic E-state index is 0.158. The summed E-state index contributed by atoms with van der Waals surface area (Å²) in [6.45, 7) is 0. The predicted octanol–water partition coefficient (Wildman–Crippen LogP) is 2.66. The van der Waals surface area contributed by atoms with Crippen molar-refractivity contribution in [2.45, 2.75) is 18.5 Å². The molecule has 2 atom stereocenters. The number of esters is 1. The van der Waals surface area contributed by atoms with Gasteiger partial charge in [-0.2, -0.15) is 0 Å². The smallest absolute Gasteiger partial charge is 0.330 e. The molecule has 0 spiro atoms. The van der Waals surface area contributed by atoms with Gasteiger partial charge >= 0.3 is 5.97 Å². The normalized spacial score (nSPS) is 20.6. The number of ether oxygens (including phenoxy) is 1. The summed E-state index contributed by atoms with van der Waals surface area (Å²) in [6, 6.07) is 20.3. The lowest BCUT2D eigenvalue weighted by atomic mass is 10.1. The second-order valence-corrected chi connectivity index (χ2v) is 4.97. The minimum Gasteiger partial charge on any atom is -0.467 e. The van der Waals surface area contributed by atoms with Gasteiger partial charge < -0.3 is 9.64 Å². The zero-order valence-corrected chi connectivity index (χ0v) is 11.4. The molecule has 0 amide bonds. The van der Waals surface area contributed by atoms with Crippen LogP contribution < -0.4 is 4.90 Å². The molecule has 3 nitrogen and oxygen atoms in total. The van der Waals surface area contributed by atoms with Crippen LogP contribution in [0.3, 0.4) is 0 Å². The molecular weight excluding hydrogens is 250 g/mol. The van der Waals surface area contributed by atoms with E-state index in [2.05, 4.69) is 17.0 Å². The summed E-state index contributed by atoms with van der Waals surface area (Å²) in [4.78, 5) is 14.0. The molecule has 0 aromatic heterocycles. The van der Waals surface area contributed by atoms with E-state index < -0.39 is 0 Å². The maximum atomic E-state index is 11.9. The van der Waals surface area contributed by atoms with Crippen molar-refractivity contribution in [3.05, 3.63) is 66.2 Å². The Balaban J connectivity index is 1.80. The average molecular weight is 267 g/mol. The van der Waals surface area contributed by atoms with Crippen molar-refractivity contribution >= 4 is 11.7 Å². The Morgan fingerprint density at radius 3 is 2.25 bits per heavy atom. The molecule has 0 N–H and O–H groups in total. The quantitative estimate of drug-likeness (QED) is 0.630. The lowest BCUT2D eigenvalue weighted by Crippen LogP contribution is -2.14. The van der Waals surface area contributed by atoms with E-state index in [0.717, 1.165) is 12.1 Å². The predicted molar refractivity (Wildman–Crippen MR) is 78.7 cm³/mol. The molecule has 1 aliphatic heterocycles. The fourth-order valence-corrected chi connectivity index (χ4v) is 2.69. The van der Waals surface area contributed by atoms with E-state index in [9.17, 15) is 4.79 Å². The summed E-state index contributed by atoms with van der Waals surface area (Å²) in [5, 5.41) is 0. The Morgan fingerprint density at radius 2 is 1.65 bits per heavy atom. The van der Waals surface area contributed by atoms with E-state index in [-0.39, 0.29) is 18.1 Å². The van der Waals surface area contributed by atoms with E-state index in [0.29, 0.717) is 0 Å². The summed E-state index contributed by atoms with van der Waals surface area (Å²) in [6.07, 6.45) is 0.857. The number of anilines is 1. The molecule has 1 fully saturated rings. The lowest BCUT2D eigenvalue weighted by Gasteiger charge is -2.05. The minimum atomic E-state index is -0.164. The van der Waals surface area contributed by atoms with Crippen molar-refractivity contribution in [3.8, 4) is 0 Å². The second-order valence-electron chi connectivity index (χ2n) is 4.97. The first kappa shape index (κ1) is 12.7. The molecule has 0 aliphatic carbocycles. The summed E-state index contributed by atoms with van der Waals surface area (Å²) < 4.78 is 4.91. The molecule has 2 aromatic carbocycles. The molecule has 20 heavy (non-hydrogen) atoms. The number of benzene rings is 2. The van der Waals surface area contributed by atoms with Gasteiger partial charge in [0.05, 0.1) is 13.2 Å². The molecule has 1 heterocycles. The molecule has 2 aromatic rings. The van der Waals surface area contributed by atoms with E-state index in [4.69, 9.17) is 4.74 Å². The molecule has 1 saturated heterocycles. The molecule has 3 rings (SSSR count). The highest BCUT2D eigenvalue weighted by Crippen LogP contribution is 2.37.